The van der Waals surface area contributed by atoms with Crippen LogP contribution in [0.3, 0.4) is 0 Å². The molecule has 20 heavy (non-hydrogen) atoms. The summed E-state index contributed by atoms with van der Waals surface area (Å²) in [6, 6.07) is 14.3. The Labute approximate surface area is 121 Å². The lowest BCUT2D eigenvalue weighted by Gasteiger charge is -2.27. The van der Waals surface area contributed by atoms with Crippen LogP contribution >= 0.6 is 0 Å². The van der Waals surface area contributed by atoms with E-state index in [1.54, 1.807) is 13.3 Å². The second-order valence-electron chi connectivity index (χ2n) is 5.55. The molecule has 1 aromatic heterocycles. The van der Waals surface area contributed by atoms with Crippen molar-refractivity contribution in [2.75, 3.05) is 12.4 Å². The maximum absolute atomic E-state index is 5.33. The number of nitrogens with zero attached hydrogens (tertiary/aromatic N) is 1. The van der Waals surface area contributed by atoms with Gasteiger partial charge in [0, 0.05) is 11.7 Å². The molecule has 0 fully saturated rings. The van der Waals surface area contributed by atoms with E-state index in [0.717, 1.165) is 24.4 Å². The van der Waals surface area contributed by atoms with Crippen LogP contribution in [0.5, 0.6) is 5.75 Å². The smallest absolute Gasteiger partial charge is 0.169 e. The molecule has 0 radical (unpaired) electrons. The van der Waals surface area contributed by atoms with Crippen molar-refractivity contribution in [2.45, 2.75) is 32.2 Å². The molecule has 0 aliphatic carbocycles. The molecule has 3 nitrogen and oxygen atoms in total. The Morgan fingerprint density at radius 1 is 1.10 bits per heavy atom. The third-order valence-corrected chi connectivity index (χ3v) is 3.33. The van der Waals surface area contributed by atoms with Gasteiger partial charge in [0.1, 0.15) is 0 Å². The van der Waals surface area contributed by atoms with E-state index in [2.05, 4.69) is 48.4 Å². The first kappa shape index (κ1) is 14.4. The van der Waals surface area contributed by atoms with Crippen LogP contribution in [0.1, 0.15) is 25.8 Å². The molecule has 0 saturated heterocycles. The van der Waals surface area contributed by atoms with E-state index in [9.17, 15) is 0 Å². The van der Waals surface area contributed by atoms with Crippen LogP contribution in [-0.2, 0) is 6.42 Å². The monoisotopic (exact) mass is 270 g/mol. The number of hydrogen-bond acceptors (Lipinski definition) is 3. The molecule has 1 N–H and O–H groups in total. The predicted octanol–water partition coefficient (Wildman–Crippen LogP) is 3.91. The molecule has 2 aromatic rings. The first-order chi connectivity index (χ1) is 9.61. The molecule has 3 heteroatoms. The van der Waals surface area contributed by atoms with Gasteiger partial charge in [-0.2, -0.15) is 0 Å². The fourth-order valence-electron chi connectivity index (χ4n) is 2.13. The zero-order valence-corrected chi connectivity index (χ0v) is 12.4. The minimum atomic E-state index is -0.0442. The third-order valence-electron chi connectivity index (χ3n) is 3.33. The van der Waals surface area contributed by atoms with Gasteiger partial charge in [-0.05, 0) is 44.4 Å². The van der Waals surface area contributed by atoms with Crippen LogP contribution in [0.15, 0.2) is 48.7 Å². The molecule has 0 aliphatic rings. The second kappa shape index (κ2) is 6.42. The fraction of sp³-hybridized carbons (Fsp3) is 0.353. The highest BCUT2D eigenvalue weighted by Gasteiger charge is 2.19. The summed E-state index contributed by atoms with van der Waals surface area (Å²) in [5.41, 5.74) is 1.31. The number of aryl methyl sites for hydroxylation is 1. The van der Waals surface area contributed by atoms with Crippen LogP contribution in [-0.4, -0.2) is 17.6 Å². The van der Waals surface area contributed by atoms with Crippen LogP contribution in [0.4, 0.5) is 5.82 Å². The van der Waals surface area contributed by atoms with E-state index in [-0.39, 0.29) is 5.54 Å². The number of methoxy groups -OCH3 is 1. The van der Waals surface area contributed by atoms with Crippen molar-refractivity contribution in [1.82, 2.24) is 4.98 Å². The Kier molecular flexibility index (Phi) is 4.61. The van der Waals surface area contributed by atoms with Crippen molar-refractivity contribution in [3.05, 3.63) is 54.2 Å². The topological polar surface area (TPSA) is 34.1 Å². The van der Waals surface area contributed by atoms with Gasteiger partial charge < -0.3 is 10.1 Å². The Balaban J connectivity index is 2.00. The fourth-order valence-corrected chi connectivity index (χ4v) is 2.13. The van der Waals surface area contributed by atoms with Gasteiger partial charge in [-0.25, -0.2) is 4.98 Å². The molecule has 0 unspecified atom stereocenters. The van der Waals surface area contributed by atoms with Gasteiger partial charge in [0.15, 0.2) is 11.6 Å². The molecule has 2 rings (SSSR count). The zero-order valence-electron chi connectivity index (χ0n) is 12.4. The number of rotatable bonds is 6. The summed E-state index contributed by atoms with van der Waals surface area (Å²) >= 11 is 0. The number of nitrogens with one attached hydrogen (secondary N) is 1. The summed E-state index contributed by atoms with van der Waals surface area (Å²) in [6.07, 6.45) is 3.84. The largest absolute Gasteiger partial charge is 0.493 e. The van der Waals surface area contributed by atoms with Crippen molar-refractivity contribution >= 4 is 5.82 Å². The van der Waals surface area contributed by atoms with Gasteiger partial charge in [-0.15, -0.1) is 0 Å². The standard InChI is InChI=1S/C17H22N2O/c1-17(2,12-11-14-8-5-4-6-9-14)19-16-15(20-3)10-7-13-18-16/h4-10,13H,11-12H2,1-3H3,(H,18,19). The molecule has 0 spiro atoms. The van der Waals surface area contributed by atoms with E-state index in [1.807, 2.05) is 18.2 Å². The summed E-state index contributed by atoms with van der Waals surface area (Å²) in [4.78, 5) is 4.35. The third kappa shape index (κ3) is 3.98. The first-order valence-electron chi connectivity index (χ1n) is 6.92. The quantitative estimate of drug-likeness (QED) is 0.864. The highest BCUT2D eigenvalue weighted by atomic mass is 16.5. The summed E-state index contributed by atoms with van der Waals surface area (Å²) in [5, 5.41) is 3.47. The Bertz CT molecular complexity index is 538. The summed E-state index contributed by atoms with van der Waals surface area (Å²) in [7, 11) is 1.67. The van der Waals surface area contributed by atoms with Crippen molar-refractivity contribution in [3.63, 3.8) is 0 Å². The number of aromatic nitrogens is 1. The van der Waals surface area contributed by atoms with Crippen molar-refractivity contribution < 1.29 is 4.74 Å². The predicted molar refractivity (Wildman–Crippen MR) is 83.3 cm³/mol. The highest BCUT2D eigenvalue weighted by molar-refractivity contribution is 5.51. The van der Waals surface area contributed by atoms with Gasteiger partial charge >= 0.3 is 0 Å². The van der Waals surface area contributed by atoms with E-state index < -0.39 is 0 Å². The molecule has 0 amide bonds. The van der Waals surface area contributed by atoms with Crippen molar-refractivity contribution in [3.8, 4) is 5.75 Å². The van der Waals surface area contributed by atoms with Gasteiger partial charge in [0.25, 0.3) is 0 Å². The van der Waals surface area contributed by atoms with Crippen LogP contribution in [0.25, 0.3) is 0 Å². The Morgan fingerprint density at radius 2 is 1.85 bits per heavy atom. The summed E-state index contributed by atoms with van der Waals surface area (Å²) < 4.78 is 5.33. The van der Waals surface area contributed by atoms with Crippen molar-refractivity contribution in [2.24, 2.45) is 0 Å². The summed E-state index contributed by atoms with van der Waals surface area (Å²) in [6.45, 7) is 4.37. The lowest BCUT2D eigenvalue weighted by Crippen LogP contribution is -2.32. The van der Waals surface area contributed by atoms with Crippen LogP contribution in [0, 0.1) is 0 Å². The van der Waals surface area contributed by atoms with Gasteiger partial charge in [0.2, 0.25) is 0 Å². The molecular weight excluding hydrogens is 248 g/mol. The SMILES string of the molecule is COc1cccnc1NC(C)(C)CCc1ccccc1. The molecule has 106 valence electrons. The number of benzene rings is 1. The molecule has 0 aliphatic heterocycles. The minimum Gasteiger partial charge on any atom is -0.493 e. The van der Waals surface area contributed by atoms with E-state index in [0.29, 0.717) is 0 Å². The van der Waals surface area contributed by atoms with E-state index in [1.165, 1.54) is 5.56 Å². The zero-order chi connectivity index (χ0) is 14.4. The van der Waals surface area contributed by atoms with Gasteiger partial charge in [-0.1, -0.05) is 30.3 Å². The van der Waals surface area contributed by atoms with Crippen molar-refractivity contribution in [1.29, 1.82) is 0 Å². The van der Waals surface area contributed by atoms with Crippen LogP contribution < -0.4 is 10.1 Å². The molecule has 0 atom stereocenters. The average molecular weight is 270 g/mol. The van der Waals surface area contributed by atoms with E-state index in [4.69, 9.17) is 4.74 Å². The molecular formula is C17H22N2O. The van der Waals surface area contributed by atoms with Gasteiger partial charge in [-0.3, -0.25) is 0 Å². The number of hydrogen-bond donors (Lipinski definition) is 1. The second-order valence-corrected chi connectivity index (χ2v) is 5.55. The Morgan fingerprint density at radius 3 is 2.55 bits per heavy atom. The lowest BCUT2D eigenvalue weighted by atomic mass is 9.95. The molecule has 1 aromatic carbocycles. The maximum Gasteiger partial charge on any atom is 0.169 e. The average Bonchev–Trinajstić information content (AvgIpc) is 2.47. The van der Waals surface area contributed by atoms with Gasteiger partial charge in [0.05, 0.1) is 7.11 Å². The first-order valence-corrected chi connectivity index (χ1v) is 6.92. The molecule has 0 saturated carbocycles. The van der Waals surface area contributed by atoms with Crippen LogP contribution in [0.2, 0.25) is 0 Å². The number of pyridine rings is 1. The summed E-state index contributed by atoms with van der Waals surface area (Å²) in [5.74, 6) is 1.58. The lowest BCUT2D eigenvalue weighted by molar-refractivity contribution is 0.411. The normalized spacial score (nSPS) is 11.2. The number of ether oxygens (including phenoxy) is 1. The number of anilines is 1. The Hall–Kier alpha value is -2.03. The maximum atomic E-state index is 5.33. The minimum absolute atomic E-state index is 0.0442. The molecule has 0 bridgehead atoms. The van der Waals surface area contributed by atoms with E-state index >= 15 is 0 Å². The highest BCUT2D eigenvalue weighted by Crippen LogP contribution is 2.26. The molecule has 1 heterocycles.